The molecule has 4 saturated carbocycles. The van der Waals surface area contributed by atoms with Gasteiger partial charge in [0.05, 0.1) is 24.1 Å². The zero-order chi connectivity index (χ0) is 23.3. The topological polar surface area (TPSA) is 76.2 Å². The third-order valence-electron chi connectivity index (χ3n) is 8.21. The van der Waals surface area contributed by atoms with Crippen LogP contribution in [0.2, 0.25) is 0 Å². The second-order valence-electron chi connectivity index (χ2n) is 10.3. The van der Waals surface area contributed by atoms with Crippen molar-refractivity contribution in [2.45, 2.75) is 57.3 Å². The van der Waals surface area contributed by atoms with Crippen LogP contribution >= 0.6 is 15.9 Å². The van der Waals surface area contributed by atoms with Crippen LogP contribution in [-0.2, 0) is 23.9 Å². The maximum atomic E-state index is 14.2. The Bertz CT molecular complexity index is 909. The third kappa shape index (κ3) is 4.04. The van der Waals surface area contributed by atoms with Gasteiger partial charge in [0.2, 0.25) is 11.8 Å². The quantitative estimate of drug-likeness (QED) is 0.405. The van der Waals surface area contributed by atoms with Gasteiger partial charge < -0.3 is 14.4 Å². The van der Waals surface area contributed by atoms with E-state index < -0.39 is 17.7 Å². The lowest BCUT2D eigenvalue weighted by atomic mass is 9.49. The van der Waals surface area contributed by atoms with Gasteiger partial charge in [-0.3, -0.25) is 14.4 Å². The number of nitrogens with zero attached hydrogens (tertiary/aromatic N) is 2. The Kier molecular flexibility index (Phi) is 6.12. The van der Waals surface area contributed by atoms with E-state index >= 15 is 0 Å². The van der Waals surface area contributed by atoms with Gasteiger partial charge in [-0.25, -0.2) is 4.90 Å². The van der Waals surface area contributed by atoms with E-state index in [1.807, 2.05) is 0 Å². The van der Waals surface area contributed by atoms with Gasteiger partial charge in [0.25, 0.3) is 5.91 Å². The molecular formula is C25H31BrN2O5. The number of carbonyl (C=O) groups excluding carboxylic acids is 3. The van der Waals surface area contributed by atoms with Gasteiger partial charge in [0.15, 0.2) is 6.29 Å². The number of hydrogen-bond acceptors (Lipinski definition) is 5. The summed E-state index contributed by atoms with van der Waals surface area (Å²) < 4.78 is 11.7. The molecule has 0 aromatic heterocycles. The summed E-state index contributed by atoms with van der Waals surface area (Å²) >= 11 is 3.39. The van der Waals surface area contributed by atoms with Crippen LogP contribution in [0.1, 0.15) is 44.9 Å². The minimum absolute atomic E-state index is 0.00417. The third-order valence-corrected chi connectivity index (χ3v) is 8.74. The van der Waals surface area contributed by atoms with Gasteiger partial charge >= 0.3 is 0 Å². The van der Waals surface area contributed by atoms with Crippen molar-refractivity contribution in [3.63, 3.8) is 0 Å². The minimum atomic E-state index is -0.838. The molecule has 33 heavy (non-hydrogen) atoms. The Morgan fingerprint density at radius 1 is 1.06 bits per heavy atom. The monoisotopic (exact) mass is 518 g/mol. The highest BCUT2D eigenvalue weighted by Gasteiger charge is 2.57. The van der Waals surface area contributed by atoms with E-state index in [1.54, 1.807) is 29.2 Å². The predicted molar refractivity (Wildman–Crippen MR) is 125 cm³/mol. The number of carbonyl (C=O) groups is 3. The second-order valence-corrected chi connectivity index (χ2v) is 11.2. The number of rotatable bonds is 7. The molecule has 4 bridgehead atoms. The lowest BCUT2D eigenvalue weighted by Gasteiger charge is -2.57. The lowest BCUT2D eigenvalue weighted by molar-refractivity contribution is -0.172. The van der Waals surface area contributed by atoms with Crippen molar-refractivity contribution in [1.29, 1.82) is 0 Å². The summed E-state index contributed by atoms with van der Waals surface area (Å²) in [5.74, 6) is 1.16. The maximum Gasteiger partial charge on any atom is 0.257 e. The molecule has 0 radical (unpaired) electrons. The number of amides is 3. The van der Waals surface area contributed by atoms with Crippen molar-refractivity contribution < 1.29 is 23.9 Å². The Balaban J connectivity index is 1.45. The van der Waals surface area contributed by atoms with Gasteiger partial charge in [-0.05, 0) is 80.5 Å². The summed E-state index contributed by atoms with van der Waals surface area (Å²) in [7, 11) is 3.05. The second kappa shape index (κ2) is 8.78. The molecule has 1 unspecified atom stereocenters. The van der Waals surface area contributed by atoms with Gasteiger partial charge in [0.1, 0.15) is 6.04 Å². The number of imide groups is 1. The highest BCUT2D eigenvalue weighted by molar-refractivity contribution is 9.10. The van der Waals surface area contributed by atoms with Gasteiger partial charge in [-0.15, -0.1) is 0 Å². The van der Waals surface area contributed by atoms with Crippen molar-refractivity contribution in [3.8, 4) is 0 Å². The molecule has 0 spiro atoms. The van der Waals surface area contributed by atoms with Gasteiger partial charge in [-0.1, -0.05) is 15.9 Å². The molecule has 7 nitrogen and oxygen atoms in total. The molecule has 178 valence electrons. The number of benzene rings is 1. The zero-order valence-electron chi connectivity index (χ0n) is 19.2. The standard InChI is InChI=1S/C25H31BrN2O5/c1-32-22(33-2)14-27(24(31)25-11-15-7-16(12-25)9-17(8-15)13-25)20-10-21(29)28(23(20)30)19-5-3-18(26)4-6-19/h3-6,15-17,20,22H,7-14H2,1-2H3. The van der Waals surface area contributed by atoms with Gasteiger partial charge in [-0.2, -0.15) is 0 Å². The fourth-order valence-electron chi connectivity index (χ4n) is 7.16. The molecule has 4 aliphatic carbocycles. The average Bonchev–Trinajstić information content (AvgIpc) is 3.08. The molecule has 1 saturated heterocycles. The van der Waals surface area contributed by atoms with Crippen LogP contribution in [0.15, 0.2) is 28.7 Å². The summed E-state index contributed by atoms with van der Waals surface area (Å²) in [5.41, 5.74) is 0.0998. The first-order valence-corrected chi connectivity index (χ1v) is 12.6. The van der Waals surface area contributed by atoms with E-state index in [0.717, 1.165) is 23.7 Å². The summed E-state index contributed by atoms with van der Waals surface area (Å²) in [5, 5.41) is 0. The summed E-state index contributed by atoms with van der Waals surface area (Å²) in [4.78, 5) is 43.6. The molecule has 5 fully saturated rings. The van der Waals surface area contributed by atoms with Crippen LogP contribution < -0.4 is 4.90 Å². The average molecular weight is 519 g/mol. The van der Waals surface area contributed by atoms with Crippen LogP contribution in [0.4, 0.5) is 5.69 Å². The van der Waals surface area contributed by atoms with Crippen LogP contribution in [0.25, 0.3) is 0 Å². The predicted octanol–water partition coefficient (Wildman–Crippen LogP) is 3.74. The number of methoxy groups -OCH3 is 2. The molecule has 1 heterocycles. The van der Waals surface area contributed by atoms with E-state index in [9.17, 15) is 14.4 Å². The van der Waals surface area contributed by atoms with Crippen molar-refractivity contribution >= 4 is 39.3 Å². The number of ether oxygens (including phenoxy) is 2. The molecule has 6 rings (SSSR count). The molecular weight excluding hydrogens is 488 g/mol. The number of hydrogen-bond donors (Lipinski definition) is 0. The lowest BCUT2D eigenvalue weighted by Crippen LogP contribution is -2.59. The van der Waals surface area contributed by atoms with Crippen molar-refractivity contribution in [3.05, 3.63) is 28.7 Å². The molecule has 1 aromatic carbocycles. The fourth-order valence-corrected chi connectivity index (χ4v) is 7.42. The molecule has 5 aliphatic rings. The number of anilines is 1. The summed E-state index contributed by atoms with van der Waals surface area (Å²) in [6, 6.07) is 6.23. The molecule has 1 atom stereocenters. The van der Waals surface area contributed by atoms with Crippen LogP contribution in [0.3, 0.4) is 0 Å². The molecule has 3 amide bonds. The molecule has 8 heteroatoms. The summed E-state index contributed by atoms with van der Waals surface area (Å²) in [6.45, 7) is 0.130. The SMILES string of the molecule is COC(CN(C(=O)C12CC3CC(CC(C3)C1)C2)C1CC(=O)N(c2ccc(Br)cc2)C1=O)OC. The normalized spacial score (nSPS) is 32.8. The Morgan fingerprint density at radius 2 is 1.61 bits per heavy atom. The maximum absolute atomic E-state index is 14.2. The molecule has 1 aliphatic heterocycles. The van der Waals surface area contributed by atoms with E-state index in [0.29, 0.717) is 23.4 Å². The highest BCUT2D eigenvalue weighted by Crippen LogP contribution is 2.60. The largest absolute Gasteiger partial charge is 0.354 e. The van der Waals surface area contributed by atoms with E-state index in [1.165, 1.54) is 38.4 Å². The van der Waals surface area contributed by atoms with Crippen molar-refractivity contribution in [1.82, 2.24) is 4.90 Å². The van der Waals surface area contributed by atoms with Gasteiger partial charge in [0, 0.05) is 18.7 Å². The van der Waals surface area contributed by atoms with Crippen LogP contribution in [0.5, 0.6) is 0 Å². The first kappa shape index (κ1) is 23.0. The first-order valence-electron chi connectivity index (χ1n) is 11.8. The van der Waals surface area contributed by atoms with Crippen LogP contribution in [-0.4, -0.2) is 55.7 Å². The van der Waals surface area contributed by atoms with Crippen molar-refractivity contribution in [2.75, 3.05) is 25.7 Å². The number of halogens is 1. The molecule has 1 aromatic rings. The van der Waals surface area contributed by atoms with Crippen LogP contribution in [0, 0.1) is 23.2 Å². The van der Waals surface area contributed by atoms with E-state index in [-0.39, 0.29) is 30.7 Å². The first-order chi connectivity index (χ1) is 15.8. The fraction of sp³-hybridized carbons (Fsp3) is 0.640. The Labute approximate surface area is 202 Å². The minimum Gasteiger partial charge on any atom is -0.354 e. The Hall–Kier alpha value is -1.77. The van der Waals surface area contributed by atoms with Crippen molar-refractivity contribution in [2.24, 2.45) is 23.2 Å². The zero-order valence-corrected chi connectivity index (χ0v) is 20.8. The highest BCUT2D eigenvalue weighted by atomic mass is 79.9. The smallest absolute Gasteiger partial charge is 0.257 e. The summed E-state index contributed by atoms with van der Waals surface area (Å²) in [6.07, 6.45) is 5.68. The van der Waals surface area contributed by atoms with E-state index in [4.69, 9.17) is 9.47 Å². The Morgan fingerprint density at radius 3 is 2.12 bits per heavy atom. The van der Waals surface area contributed by atoms with E-state index in [2.05, 4.69) is 15.9 Å². The molecule has 0 N–H and O–H groups in total.